The number of hydrogen-bond donors (Lipinski definition) is 2. The number of Topliss-reactive ketones (excluding diaryl/α,β-unsaturated/α-hetero) is 1. The van der Waals surface area contributed by atoms with Crippen LogP contribution in [0.3, 0.4) is 0 Å². The van der Waals surface area contributed by atoms with Gasteiger partial charge < -0.3 is 10.8 Å². The molecule has 29 heavy (non-hydrogen) atoms. The molecule has 0 fully saturated rings. The molecular weight excluding hydrogens is 404 g/mol. The van der Waals surface area contributed by atoms with Gasteiger partial charge in [-0.2, -0.15) is 0 Å². The molecule has 2 N–H and O–H groups in total. The van der Waals surface area contributed by atoms with Gasteiger partial charge in [0.25, 0.3) is 0 Å². The molecule has 156 valence electrons. The minimum atomic E-state index is -3.23. The van der Waals surface area contributed by atoms with Crippen LogP contribution in [0, 0.1) is 22.7 Å². The van der Waals surface area contributed by atoms with Crippen LogP contribution in [0.2, 0.25) is 0 Å². The fraction of sp³-hybridized carbons (Fsp3) is 0.409. The summed E-state index contributed by atoms with van der Waals surface area (Å²) in [4.78, 5) is 13.6. The standard InChI is InChI=1S/C22H28N2O3S2/c1-5-14(3)18(23)13-15(6-2)21(24)22(25)17-9-7-16(8-10-17)19-11-12-20(28-19)29(4,26)27/h7-12,14-15,23-24H,5-6,13H2,1-4H3/t14-,15+/m1/s1. The quantitative estimate of drug-likeness (QED) is 0.383. The van der Waals surface area contributed by atoms with Gasteiger partial charge in [0, 0.05) is 28.3 Å². The summed E-state index contributed by atoms with van der Waals surface area (Å²) in [5.74, 6) is -0.407. The molecule has 0 saturated heterocycles. The topological polar surface area (TPSA) is 98.9 Å². The van der Waals surface area contributed by atoms with Gasteiger partial charge in [-0.1, -0.05) is 45.0 Å². The van der Waals surface area contributed by atoms with E-state index in [2.05, 4.69) is 0 Å². The van der Waals surface area contributed by atoms with E-state index in [-0.39, 0.29) is 23.3 Å². The lowest BCUT2D eigenvalue weighted by molar-refractivity contribution is 0.105. The second kappa shape index (κ2) is 9.59. The van der Waals surface area contributed by atoms with Gasteiger partial charge in [0.15, 0.2) is 9.84 Å². The summed E-state index contributed by atoms with van der Waals surface area (Å²) in [6.07, 6.45) is 3.14. The van der Waals surface area contributed by atoms with E-state index in [1.165, 1.54) is 17.6 Å². The Balaban J connectivity index is 2.15. The first-order valence-electron chi connectivity index (χ1n) is 9.69. The maximum Gasteiger partial charge on any atom is 0.206 e. The van der Waals surface area contributed by atoms with Gasteiger partial charge in [-0.3, -0.25) is 4.79 Å². The Morgan fingerprint density at radius 3 is 2.14 bits per heavy atom. The predicted octanol–water partition coefficient (Wildman–Crippen LogP) is 5.50. The molecule has 0 bridgehead atoms. The van der Waals surface area contributed by atoms with Crippen LogP contribution in [-0.4, -0.2) is 31.9 Å². The number of hydrogen-bond acceptors (Lipinski definition) is 6. The molecule has 2 atom stereocenters. The van der Waals surface area contributed by atoms with Crippen molar-refractivity contribution in [1.29, 1.82) is 10.8 Å². The molecule has 2 aromatic rings. The van der Waals surface area contributed by atoms with Crippen molar-refractivity contribution < 1.29 is 13.2 Å². The summed E-state index contributed by atoms with van der Waals surface area (Å²) < 4.78 is 23.6. The Bertz CT molecular complexity index is 1000. The van der Waals surface area contributed by atoms with Crippen LogP contribution in [0.1, 0.15) is 50.4 Å². The molecule has 2 rings (SSSR count). The lowest BCUT2D eigenvalue weighted by Gasteiger charge is -2.19. The van der Waals surface area contributed by atoms with Crippen molar-refractivity contribution in [1.82, 2.24) is 0 Å². The lowest BCUT2D eigenvalue weighted by atomic mass is 9.86. The number of rotatable bonds is 10. The first-order valence-corrected chi connectivity index (χ1v) is 12.4. The minimum absolute atomic E-state index is 0.0452. The second-order valence-corrected chi connectivity index (χ2v) is 10.7. The molecule has 0 unspecified atom stereocenters. The molecule has 1 aromatic carbocycles. The van der Waals surface area contributed by atoms with Gasteiger partial charge in [-0.25, -0.2) is 8.42 Å². The molecule has 0 aliphatic heterocycles. The molecule has 1 heterocycles. The predicted molar refractivity (Wildman–Crippen MR) is 121 cm³/mol. The van der Waals surface area contributed by atoms with Crippen LogP contribution in [0.15, 0.2) is 40.6 Å². The largest absolute Gasteiger partial charge is 0.309 e. The number of ketones is 1. The van der Waals surface area contributed by atoms with Crippen molar-refractivity contribution in [2.45, 2.75) is 44.2 Å². The van der Waals surface area contributed by atoms with Crippen LogP contribution in [-0.2, 0) is 9.84 Å². The Hall–Kier alpha value is -2.12. The maximum atomic E-state index is 12.8. The minimum Gasteiger partial charge on any atom is -0.309 e. The molecule has 0 radical (unpaired) electrons. The van der Waals surface area contributed by atoms with Gasteiger partial charge in [-0.15, -0.1) is 11.3 Å². The Morgan fingerprint density at radius 1 is 1.03 bits per heavy atom. The average molecular weight is 433 g/mol. The second-order valence-electron chi connectivity index (χ2n) is 7.35. The number of thiophene rings is 1. The molecule has 5 nitrogen and oxygen atoms in total. The van der Waals surface area contributed by atoms with E-state index in [0.717, 1.165) is 16.9 Å². The van der Waals surface area contributed by atoms with Gasteiger partial charge in [0.05, 0.1) is 5.71 Å². The highest BCUT2D eigenvalue weighted by Gasteiger charge is 2.23. The molecule has 0 aliphatic carbocycles. The van der Waals surface area contributed by atoms with Crippen LogP contribution < -0.4 is 0 Å². The third-order valence-electron chi connectivity index (χ3n) is 5.20. The highest BCUT2D eigenvalue weighted by atomic mass is 32.2. The van der Waals surface area contributed by atoms with Crippen molar-refractivity contribution in [3.63, 3.8) is 0 Å². The fourth-order valence-electron chi connectivity index (χ4n) is 2.96. The molecule has 0 aliphatic rings. The Labute approximate surface area is 177 Å². The Kier molecular flexibility index (Phi) is 7.66. The van der Waals surface area contributed by atoms with Crippen LogP contribution >= 0.6 is 11.3 Å². The van der Waals surface area contributed by atoms with Crippen molar-refractivity contribution in [3.05, 3.63) is 42.0 Å². The van der Waals surface area contributed by atoms with Crippen molar-refractivity contribution >= 4 is 38.4 Å². The summed E-state index contributed by atoms with van der Waals surface area (Å²) in [5.41, 5.74) is 1.90. The number of benzene rings is 1. The number of carbonyl (C=O) groups excluding carboxylic acids is 1. The third kappa shape index (κ3) is 5.70. The van der Waals surface area contributed by atoms with E-state index < -0.39 is 9.84 Å². The maximum absolute atomic E-state index is 12.8. The first kappa shape index (κ1) is 23.2. The molecular formula is C22H28N2O3S2. The van der Waals surface area contributed by atoms with Gasteiger partial charge in [-0.05, 0) is 42.9 Å². The molecule has 0 amide bonds. The zero-order valence-corrected chi connectivity index (χ0v) is 18.9. The monoisotopic (exact) mass is 432 g/mol. The third-order valence-corrected chi connectivity index (χ3v) is 8.15. The van der Waals surface area contributed by atoms with Crippen LogP contribution in [0.25, 0.3) is 10.4 Å². The van der Waals surface area contributed by atoms with E-state index in [0.29, 0.717) is 28.3 Å². The molecule has 0 spiro atoms. The van der Waals surface area contributed by atoms with E-state index in [1.807, 2.05) is 20.8 Å². The Morgan fingerprint density at radius 2 is 1.66 bits per heavy atom. The first-order chi connectivity index (χ1) is 13.6. The zero-order chi connectivity index (χ0) is 21.8. The van der Waals surface area contributed by atoms with Gasteiger partial charge >= 0.3 is 0 Å². The number of carbonyl (C=O) groups is 1. The highest BCUT2D eigenvalue weighted by molar-refractivity contribution is 7.92. The zero-order valence-electron chi connectivity index (χ0n) is 17.3. The number of sulfone groups is 1. The van der Waals surface area contributed by atoms with E-state index in [1.54, 1.807) is 36.4 Å². The van der Waals surface area contributed by atoms with Crippen molar-refractivity contribution in [2.75, 3.05) is 6.26 Å². The molecule has 7 heteroatoms. The van der Waals surface area contributed by atoms with Crippen LogP contribution in [0.5, 0.6) is 0 Å². The van der Waals surface area contributed by atoms with E-state index in [9.17, 15) is 13.2 Å². The summed E-state index contributed by atoms with van der Waals surface area (Å²) in [6.45, 7) is 5.97. The fourth-order valence-corrected chi connectivity index (χ4v) is 4.90. The average Bonchev–Trinajstić information content (AvgIpc) is 3.21. The number of nitrogens with one attached hydrogen (secondary N) is 2. The summed E-state index contributed by atoms with van der Waals surface area (Å²) in [5, 5.41) is 16.5. The van der Waals surface area contributed by atoms with E-state index >= 15 is 0 Å². The van der Waals surface area contributed by atoms with Crippen molar-refractivity contribution in [2.24, 2.45) is 11.8 Å². The summed E-state index contributed by atoms with van der Waals surface area (Å²) in [7, 11) is -3.23. The van der Waals surface area contributed by atoms with E-state index in [4.69, 9.17) is 10.8 Å². The molecule has 1 aromatic heterocycles. The summed E-state index contributed by atoms with van der Waals surface area (Å²) in [6, 6.07) is 10.3. The molecule has 0 saturated carbocycles. The van der Waals surface area contributed by atoms with Gasteiger partial charge in [0.2, 0.25) is 5.78 Å². The highest BCUT2D eigenvalue weighted by Crippen LogP contribution is 2.31. The SMILES string of the molecule is CC[C@@H](CC(=N)[C@H](C)CC)C(=N)C(=O)c1ccc(-c2ccc(S(C)(=O)=O)s2)cc1. The lowest BCUT2D eigenvalue weighted by Crippen LogP contribution is -2.26. The smallest absolute Gasteiger partial charge is 0.206 e. The summed E-state index contributed by atoms with van der Waals surface area (Å²) >= 11 is 1.19. The van der Waals surface area contributed by atoms with Crippen molar-refractivity contribution in [3.8, 4) is 10.4 Å². The van der Waals surface area contributed by atoms with Gasteiger partial charge in [0.1, 0.15) is 4.21 Å². The van der Waals surface area contributed by atoms with Crippen LogP contribution in [0.4, 0.5) is 0 Å². The normalized spacial score (nSPS) is 13.7.